The third-order valence-electron chi connectivity index (χ3n) is 4.03. The topological polar surface area (TPSA) is 93.7 Å². The molecule has 0 saturated carbocycles. The number of thiophene rings is 1. The summed E-state index contributed by atoms with van der Waals surface area (Å²) in [6.45, 7) is 8.67. The summed E-state index contributed by atoms with van der Waals surface area (Å²) in [7, 11) is 1.56. The molecule has 1 atom stereocenters. The molecule has 1 unspecified atom stereocenters. The predicted octanol–water partition coefficient (Wildman–Crippen LogP) is 4.23. The van der Waals surface area contributed by atoms with Gasteiger partial charge in [0, 0.05) is 11.1 Å². The molecule has 2 amide bonds. The van der Waals surface area contributed by atoms with Crippen LogP contribution in [0.3, 0.4) is 0 Å². The van der Waals surface area contributed by atoms with E-state index in [2.05, 4.69) is 10.6 Å². The molecular weight excluding hydrogens is 392 g/mol. The van der Waals surface area contributed by atoms with E-state index in [4.69, 9.17) is 9.47 Å². The van der Waals surface area contributed by atoms with Crippen LogP contribution in [0.25, 0.3) is 0 Å². The van der Waals surface area contributed by atoms with Gasteiger partial charge in [0.05, 0.1) is 12.1 Å². The second kappa shape index (κ2) is 9.09. The van der Waals surface area contributed by atoms with E-state index in [0.717, 1.165) is 11.3 Å². The quantitative estimate of drug-likeness (QED) is 0.685. The average molecular weight is 419 g/mol. The van der Waals surface area contributed by atoms with Crippen molar-refractivity contribution in [3.05, 3.63) is 40.8 Å². The summed E-state index contributed by atoms with van der Waals surface area (Å²) >= 11 is 1.12. The Morgan fingerprint density at radius 3 is 2.24 bits per heavy atom. The number of hydrogen-bond donors (Lipinski definition) is 2. The van der Waals surface area contributed by atoms with Crippen LogP contribution in [0.4, 0.5) is 10.7 Å². The van der Waals surface area contributed by atoms with Gasteiger partial charge in [-0.2, -0.15) is 0 Å². The van der Waals surface area contributed by atoms with Gasteiger partial charge in [-0.1, -0.05) is 20.8 Å². The molecule has 0 radical (unpaired) electrons. The minimum absolute atomic E-state index is 0.147. The highest BCUT2D eigenvalue weighted by Crippen LogP contribution is 2.29. The molecule has 0 fully saturated rings. The normalized spacial score (nSPS) is 12.1. The maximum Gasteiger partial charge on any atom is 0.349 e. The van der Waals surface area contributed by atoms with E-state index in [9.17, 15) is 14.4 Å². The minimum Gasteiger partial charge on any atom is -0.497 e. The van der Waals surface area contributed by atoms with E-state index >= 15 is 0 Å². The Labute approximate surface area is 174 Å². The Hall–Kier alpha value is -2.87. The molecule has 0 bridgehead atoms. The highest BCUT2D eigenvalue weighted by molar-refractivity contribution is 7.18. The van der Waals surface area contributed by atoms with E-state index < -0.39 is 23.4 Å². The van der Waals surface area contributed by atoms with Crippen LogP contribution >= 0.6 is 11.3 Å². The number of methoxy groups -OCH3 is 1. The second-order valence-corrected chi connectivity index (χ2v) is 8.64. The maximum atomic E-state index is 12.5. The summed E-state index contributed by atoms with van der Waals surface area (Å²) in [4.78, 5) is 37.3. The van der Waals surface area contributed by atoms with Gasteiger partial charge < -0.3 is 20.1 Å². The number of carbonyl (C=O) groups is 3. The van der Waals surface area contributed by atoms with Crippen LogP contribution in [0, 0.1) is 12.3 Å². The zero-order chi connectivity index (χ0) is 21.8. The predicted molar refractivity (Wildman–Crippen MR) is 114 cm³/mol. The van der Waals surface area contributed by atoms with E-state index in [0.29, 0.717) is 26.9 Å². The lowest BCUT2D eigenvalue weighted by Crippen LogP contribution is -2.29. The van der Waals surface area contributed by atoms with E-state index in [1.54, 1.807) is 65.1 Å². The average Bonchev–Trinajstić information content (AvgIpc) is 3.01. The van der Waals surface area contributed by atoms with E-state index in [1.807, 2.05) is 0 Å². The first kappa shape index (κ1) is 22.4. The molecule has 29 heavy (non-hydrogen) atoms. The molecule has 1 heterocycles. The molecule has 0 aliphatic rings. The van der Waals surface area contributed by atoms with Crippen molar-refractivity contribution in [1.82, 2.24) is 0 Å². The third kappa shape index (κ3) is 6.05. The number of aryl methyl sites for hydroxylation is 1. The van der Waals surface area contributed by atoms with Crippen molar-refractivity contribution >= 4 is 39.8 Å². The highest BCUT2D eigenvalue weighted by atomic mass is 32.1. The van der Waals surface area contributed by atoms with Crippen molar-refractivity contribution < 1.29 is 23.9 Å². The largest absolute Gasteiger partial charge is 0.497 e. The molecule has 0 saturated heterocycles. The number of carbonyl (C=O) groups excluding carboxylic acids is 3. The van der Waals surface area contributed by atoms with Crippen molar-refractivity contribution in [2.45, 2.75) is 40.7 Å². The summed E-state index contributed by atoms with van der Waals surface area (Å²) in [6.07, 6.45) is -0.987. The number of amides is 2. The smallest absolute Gasteiger partial charge is 0.349 e. The van der Waals surface area contributed by atoms with Gasteiger partial charge in [-0.3, -0.25) is 9.59 Å². The zero-order valence-electron chi connectivity index (χ0n) is 17.4. The number of ether oxygens (including phenoxy) is 2. The highest BCUT2D eigenvalue weighted by Gasteiger charge is 2.25. The third-order valence-corrected chi connectivity index (χ3v) is 5.16. The van der Waals surface area contributed by atoms with Gasteiger partial charge in [-0.15, -0.1) is 11.3 Å². The molecule has 2 rings (SSSR count). The molecule has 2 aromatic rings. The Bertz CT molecular complexity index is 897. The molecule has 7 nitrogen and oxygen atoms in total. The lowest BCUT2D eigenvalue weighted by molar-refractivity contribution is -0.124. The lowest BCUT2D eigenvalue weighted by atomic mass is 9.96. The summed E-state index contributed by atoms with van der Waals surface area (Å²) in [5.74, 6) is -0.531. The molecule has 1 aromatic heterocycles. The summed E-state index contributed by atoms with van der Waals surface area (Å²) in [5, 5.41) is 6.05. The summed E-state index contributed by atoms with van der Waals surface area (Å²) in [6, 6.07) is 8.54. The monoisotopic (exact) mass is 418 g/mol. The Morgan fingerprint density at radius 2 is 1.69 bits per heavy atom. The number of nitrogens with one attached hydrogen (secondary N) is 2. The zero-order valence-corrected chi connectivity index (χ0v) is 18.2. The first-order chi connectivity index (χ1) is 13.5. The molecule has 0 aliphatic heterocycles. The van der Waals surface area contributed by atoms with Gasteiger partial charge in [0.25, 0.3) is 5.91 Å². The fourth-order valence-electron chi connectivity index (χ4n) is 2.23. The molecule has 2 N–H and O–H groups in total. The molecule has 8 heteroatoms. The van der Waals surface area contributed by atoms with E-state index in [1.165, 1.54) is 6.92 Å². The molecule has 0 aliphatic carbocycles. The van der Waals surface area contributed by atoms with Crippen molar-refractivity contribution in [2.24, 2.45) is 5.41 Å². The number of hydrogen-bond acceptors (Lipinski definition) is 6. The lowest BCUT2D eigenvalue weighted by Gasteiger charge is -2.16. The van der Waals surface area contributed by atoms with Crippen LogP contribution in [0.1, 0.15) is 42.9 Å². The van der Waals surface area contributed by atoms with Gasteiger partial charge in [0.1, 0.15) is 10.6 Å². The fraction of sp³-hybridized carbons (Fsp3) is 0.381. The number of anilines is 2. The SMILES string of the molecule is COc1ccc(NC(=O)C(C)OC(=O)c2sc(NC(=O)C(C)(C)C)cc2C)cc1. The standard InChI is InChI=1S/C21H26N2O5S/c1-12-11-16(23-20(26)21(3,4)5)29-17(12)19(25)28-13(2)18(24)22-14-7-9-15(27-6)10-8-14/h7-11,13H,1-6H3,(H,22,24)(H,23,26). The number of benzene rings is 1. The minimum atomic E-state index is -0.987. The van der Waals surface area contributed by atoms with Crippen LogP contribution in [0.2, 0.25) is 0 Å². The van der Waals surface area contributed by atoms with Crippen LogP contribution in [0.15, 0.2) is 30.3 Å². The number of esters is 1. The Kier molecular flexibility index (Phi) is 7.02. The van der Waals surface area contributed by atoms with Gasteiger partial charge in [0.2, 0.25) is 5.91 Å². The Balaban J connectivity index is 1.99. The van der Waals surface area contributed by atoms with Gasteiger partial charge in [-0.05, 0) is 49.7 Å². The second-order valence-electron chi connectivity index (χ2n) is 7.59. The van der Waals surface area contributed by atoms with Crippen molar-refractivity contribution in [3.8, 4) is 5.75 Å². The Morgan fingerprint density at radius 1 is 1.07 bits per heavy atom. The van der Waals surface area contributed by atoms with Crippen LogP contribution in [0.5, 0.6) is 5.75 Å². The van der Waals surface area contributed by atoms with Gasteiger partial charge in [-0.25, -0.2) is 4.79 Å². The first-order valence-corrected chi connectivity index (χ1v) is 9.90. The van der Waals surface area contributed by atoms with E-state index in [-0.39, 0.29) is 5.91 Å². The molecule has 156 valence electrons. The van der Waals surface area contributed by atoms with Gasteiger partial charge >= 0.3 is 5.97 Å². The fourth-order valence-corrected chi connectivity index (χ4v) is 3.18. The van der Waals surface area contributed by atoms with Crippen LogP contribution in [-0.2, 0) is 14.3 Å². The number of rotatable bonds is 6. The van der Waals surface area contributed by atoms with Crippen molar-refractivity contribution in [1.29, 1.82) is 0 Å². The van der Waals surface area contributed by atoms with Crippen LogP contribution < -0.4 is 15.4 Å². The first-order valence-electron chi connectivity index (χ1n) is 9.09. The van der Waals surface area contributed by atoms with Gasteiger partial charge in [0.15, 0.2) is 6.10 Å². The van der Waals surface area contributed by atoms with Crippen LogP contribution in [-0.4, -0.2) is 31.0 Å². The maximum absolute atomic E-state index is 12.5. The van der Waals surface area contributed by atoms with Crippen molar-refractivity contribution in [3.63, 3.8) is 0 Å². The molecular formula is C21H26N2O5S. The molecule has 0 spiro atoms. The molecule has 1 aromatic carbocycles. The summed E-state index contributed by atoms with van der Waals surface area (Å²) in [5.41, 5.74) is 0.692. The summed E-state index contributed by atoms with van der Waals surface area (Å²) < 4.78 is 10.4. The van der Waals surface area contributed by atoms with Crippen molar-refractivity contribution in [2.75, 3.05) is 17.7 Å².